The standard InChI is InChI=1S/C23H22Cl2N4O/c1-5-23(3,4)22-27-26-21(30-22)19-14(2)20(15-6-8-16(24)9-7-15)29(28-19)18-12-10-17(25)11-13-18/h6-13H,5H2,1-4H3. The maximum atomic E-state index is 6.10. The van der Waals surface area contributed by atoms with Crippen LogP contribution in [-0.2, 0) is 5.41 Å². The van der Waals surface area contributed by atoms with Crippen LogP contribution in [0.2, 0.25) is 10.0 Å². The number of nitrogens with zero attached hydrogens (tertiary/aromatic N) is 4. The summed E-state index contributed by atoms with van der Waals surface area (Å²) < 4.78 is 7.92. The van der Waals surface area contributed by atoms with Crippen LogP contribution in [0.5, 0.6) is 0 Å². The summed E-state index contributed by atoms with van der Waals surface area (Å²) in [5.41, 5.74) is 4.19. The first kappa shape index (κ1) is 20.6. The predicted octanol–water partition coefficient (Wildman–Crippen LogP) is 6.89. The fourth-order valence-electron chi connectivity index (χ4n) is 3.16. The molecule has 4 aromatic rings. The highest BCUT2D eigenvalue weighted by Crippen LogP contribution is 2.35. The van der Waals surface area contributed by atoms with E-state index in [0.29, 0.717) is 27.5 Å². The van der Waals surface area contributed by atoms with Gasteiger partial charge in [-0.3, -0.25) is 0 Å². The third-order valence-electron chi connectivity index (χ3n) is 5.40. The summed E-state index contributed by atoms with van der Waals surface area (Å²) in [6.07, 6.45) is 0.892. The van der Waals surface area contributed by atoms with E-state index < -0.39 is 0 Å². The fraction of sp³-hybridized carbons (Fsp3) is 0.261. The van der Waals surface area contributed by atoms with Gasteiger partial charge in [0.2, 0.25) is 5.89 Å². The van der Waals surface area contributed by atoms with E-state index in [4.69, 9.17) is 32.7 Å². The van der Waals surface area contributed by atoms with Crippen molar-refractivity contribution in [2.24, 2.45) is 0 Å². The van der Waals surface area contributed by atoms with E-state index in [1.807, 2.05) is 60.1 Å². The quantitative estimate of drug-likeness (QED) is 0.338. The lowest BCUT2D eigenvalue weighted by molar-refractivity contribution is 0.364. The highest BCUT2D eigenvalue weighted by Gasteiger charge is 2.28. The van der Waals surface area contributed by atoms with Gasteiger partial charge in [-0.1, -0.05) is 56.1 Å². The molecule has 2 aromatic heterocycles. The van der Waals surface area contributed by atoms with Crippen molar-refractivity contribution in [3.63, 3.8) is 0 Å². The van der Waals surface area contributed by atoms with Gasteiger partial charge < -0.3 is 4.42 Å². The Kier molecular flexibility index (Phi) is 5.43. The second-order valence-electron chi connectivity index (χ2n) is 7.87. The van der Waals surface area contributed by atoms with Crippen LogP contribution in [0, 0.1) is 6.92 Å². The maximum absolute atomic E-state index is 6.10. The SMILES string of the molecule is CCC(C)(C)c1nnc(-c2nn(-c3ccc(Cl)cc3)c(-c3ccc(Cl)cc3)c2C)o1. The van der Waals surface area contributed by atoms with Crippen LogP contribution >= 0.6 is 23.2 Å². The van der Waals surface area contributed by atoms with Crippen LogP contribution < -0.4 is 0 Å². The molecule has 0 amide bonds. The molecule has 0 unspecified atom stereocenters. The molecule has 154 valence electrons. The van der Waals surface area contributed by atoms with Gasteiger partial charge >= 0.3 is 0 Å². The van der Waals surface area contributed by atoms with Gasteiger partial charge in [-0.05, 0) is 49.7 Å². The van der Waals surface area contributed by atoms with Crippen LogP contribution in [0.1, 0.15) is 38.6 Å². The summed E-state index contributed by atoms with van der Waals surface area (Å²) >= 11 is 12.2. The summed E-state index contributed by atoms with van der Waals surface area (Å²) in [5, 5.41) is 14.8. The van der Waals surface area contributed by atoms with Crippen molar-refractivity contribution >= 4 is 23.2 Å². The van der Waals surface area contributed by atoms with Gasteiger partial charge in [0.1, 0.15) is 0 Å². The molecule has 0 N–H and O–H groups in total. The summed E-state index contributed by atoms with van der Waals surface area (Å²) in [6, 6.07) is 15.2. The maximum Gasteiger partial charge on any atom is 0.268 e. The minimum Gasteiger partial charge on any atom is -0.419 e. The Labute approximate surface area is 185 Å². The smallest absolute Gasteiger partial charge is 0.268 e. The van der Waals surface area contributed by atoms with E-state index in [-0.39, 0.29) is 5.41 Å². The molecule has 0 aliphatic rings. The minimum absolute atomic E-state index is 0.198. The van der Waals surface area contributed by atoms with Gasteiger partial charge in [-0.25, -0.2) is 4.68 Å². The summed E-state index contributed by atoms with van der Waals surface area (Å²) in [7, 11) is 0. The van der Waals surface area contributed by atoms with Crippen LogP contribution in [0.15, 0.2) is 52.9 Å². The van der Waals surface area contributed by atoms with Crippen molar-refractivity contribution in [3.05, 3.63) is 70.0 Å². The lowest BCUT2D eigenvalue weighted by Crippen LogP contribution is -2.15. The van der Waals surface area contributed by atoms with Gasteiger partial charge in [0.25, 0.3) is 5.89 Å². The Morgan fingerprint density at radius 1 is 0.933 bits per heavy atom. The van der Waals surface area contributed by atoms with E-state index in [1.54, 1.807) is 0 Å². The number of halogens is 2. The molecule has 0 atom stereocenters. The first-order chi connectivity index (χ1) is 14.3. The normalized spacial score (nSPS) is 11.8. The number of aromatic nitrogens is 4. The molecule has 0 bridgehead atoms. The van der Waals surface area contributed by atoms with Gasteiger partial charge in [0, 0.05) is 26.6 Å². The predicted molar refractivity (Wildman–Crippen MR) is 120 cm³/mol. The second kappa shape index (κ2) is 7.89. The zero-order valence-electron chi connectivity index (χ0n) is 17.3. The largest absolute Gasteiger partial charge is 0.419 e. The lowest BCUT2D eigenvalue weighted by Gasteiger charge is -2.16. The van der Waals surface area contributed by atoms with Crippen molar-refractivity contribution in [3.8, 4) is 28.5 Å². The van der Waals surface area contributed by atoms with Crippen LogP contribution in [-0.4, -0.2) is 20.0 Å². The summed E-state index contributed by atoms with van der Waals surface area (Å²) in [4.78, 5) is 0. The van der Waals surface area contributed by atoms with E-state index in [9.17, 15) is 0 Å². The zero-order valence-corrected chi connectivity index (χ0v) is 18.8. The van der Waals surface area contributed by atoms with Crippen molar-refractivity contribution < 1.29 is 4.42 Å². The van der Waals surface area contributed by atoms with Crippen LogP contribution in [0.25, 0.3) is 28.5 Å². The average Bonchev–Trinajstić information content (AvgIpc) is 3.35. The topological polar surface area (TPSA) is 56.7 Å². The average molecular weight is 441 g/mol. The molecular formula is C23H22Cl2N4O. The fourth-order valence-corrected chi connectivity index (χ4v) is 3.41. The third kappa shape index (κ3) is 3.75. The molecule has 0 saturated carbocycles. The Balaban J connectivity index is 1.90. The molecule has 0 aliphatic carbocycles. The summed E-state index contributed by atoms with van der Waals surface area (Å²) in [6.45, 7) is 8.28. The second-order valence-corrected chi connectivity index (χ2v) is 8.74. The molecule has 2 aromatic carbocycles. The van der Waals surface area contributed by atoms with Crippen LogP contribution in [0.3, 0.4) is 0 Å². The molecule has 0 saturated heterocycles. The highest BCUT2D eigenvalue weighted by molar-refractivity contribution is 6.30. The lowest BCUT2D eigenvalue weighted by atomic mass is 9.90. The Morgan fingerprint density at radius 3 is 2.13 bits per heavy atom. The Hall–Kier alpha value is -2.63. The molecule has 0 spiro atoms. The van der Waals surface area contributed by atoms with Crippen molar-refractivity contribution in [1.29, 1.82) is 0 Å². The van der Waals surface area contributed by atoms with Gasteiger partial charge in [-0.2, -0.15) is 5.10 Å². The highest BCUT2D eigenvalue weighted by atomic mass is 35.5. The van der Waals surface area contributed by atoms with E-state index in [0.717, 1.165) is 28.9 Å². The van der Waals surface area contributed by atoms with Gasteiger partial charge in [0.05, 0.1) is 11.4 Å². The molecule has 0 aliphatic heterocycles. The Bertz CT molecular complexity index is 1180. The van der Waals surface area contributed by atoms with E-state index in [1.165, 1.54) is 0 Å². The monoisotopic (exact) mass is 440 g/mol. The molecule has 30 heavy (non-hydrogen) atoms. The number of benzene rings is 2. The minimum atomic E-state index is -0.198. The number of hydrogen-bond acceptors (Lipinski definition) is 4. The summed E-state index contributed by atoms with van der Waals surface area (Å²) in [5.74, 6) is 1.01. The van der Waals surface area contributed by atoms with Crippen molar-refractivity contribution in [1.82, 2.24) is 20.0 Å². The molecule has 0 fully saturated rings. The first-order valence-corrected chi connectivity index (χ1v) is 10.5. The van der Waals surface area contributed by atoms with Crippen molar-refractivity contribution in [2.75, 3.05) is 0 Å². The van der Waals surface area contributed by atoms with E-state index >= 15 is 0 Å². The molecule has 7 heteroatoms. The zero-order chi connectivity index (χ0) is 21.5. The molecular weight excluding hydrogens is 419 g/mol. The number of rotatable bonds is 5. The van der Waals surface area contributed by atoms with Gasteiger partial charge in [-0.15, -0.1) is 10.2 Å². The van der Waals surface area contributed by atoms with Gasteiger partial charge in [0.15, 0.2) is 5.69 Å². The van der Waals surface area contributed by atoms with Crippen molar-refractivity contribution in [2.45, 2.75) is 39.5 Å². The Morgan fingerprint density at radius 2 is 1.53 bits per heavy atom. The molecule has 4 rings (SSSR count). The molecule has 2 heterocycles. The van der Waals surface area contributed by atoms with E-state index in [2.05, 4.69) is 31.0 Å². The third-order valence-corrected chi connectivity index (χ3v) is 5.91. The molecule has 0 radical (unpaired) electrons. The van der Waals surface area contributed by atoms with Crippen LogP contribution in [0.4, 0.5) is 0 Å². The first-order valence-electron chi connectivity index (χ1n) is 9.76. The molecule has 5 nitrogen and oxygen atoms in total. The number of hydrogen-bond donors (Lipinski definition) is 0.